The number of halogens is 1. The van der Waals surface area contributed by atoms with Crippen molar-refractivity contribution in [2.75, 3.05) is 19.0 Å². The van der Waals surface area contributed by atoms with Gasteiger partial charge in [-0.05, 0) is 48.9 Å². The predicted molar refractivity (Wildman–Crippen MR) is 102 cm³/mol. The van der Waals surface area contributed by atoms with Crippen LogP contribution in [0.4, 0.5) is 5.69 Å². The van der Waals surface area contributed by atoms with Crippen LogP contribution in [0.3, 0.4) is 0 Å². The van der Waals surface area contributed by atoms with Gasteiger partial charge in [-0.25, -0.2) is 13.1 Å². The molecule has 0 saturated carbocycles. The Hall–Kier alpha value is -1.93. The van der Waals surface area contributed by atoms with Crippen molar-refractivity contribution in [2.45, 2.75) is 24.3 Å². The van der Waals surface area contributed by atoms with Crippen molar-refractivity contribution in [3.05, 3.63) is 59.1 Å². The zero-order valence-corrected chi connectivity index (χ0v) is 16.1. The number of nitrogens with one attached hydrogen (secondary N) is 2. The van der Waals surface area contributed by atoms with Crippen LogP contribution in [-0.4, -0.2) is 34.1 Å². The van der Waals surface area contributed by atoms with Crippen molar-refractivity contribution in [3.8, 4) is 0 Å². The highest BCUT2D eigenvalue weighted by Gasteiger charge is 2.17. The second-order valence-corrected chi connectivity index (χ2v) is 8.00. The first-order valence-electron chi connectivity index (χ1n) is 7.96. The Balaban J connectivity index is 1.98. The van der Waals surface area contributed by atoms with Crippen molar-refractivity contribution < 1.29 is 17.9 Å². The molecule has 0 spiro atoms. The van der Waals surface area contributed by atoms with Crippen LogP contribution in [0.15, 0.2) is 53.4 Å². The summed E-state index contributed by atoms with van der Waals surface area (Å²) in [6.07, 6.45) is 0.202. The lowest BCUT2D eigenvalue weighted by atomic mass is 10.1. The van der Waals surface area contributed by atoms with Crippen LogP contribution < -0.4 is 10.0 Å². The van der Waals surface area contributed by atoms with Crippen LogP contribution in [-0.2, 0) is 26.0 Å². The Kier molecular flexibility index (Phi) is 7.16. The molecule has 140 valence electrons. The molecule has 0 radical (unpaired) electrons. The summed E-state index contributed by atoms with van der Waals surface area (Å²) in [5, 5.41) is 3.35. The Morgan fingerprint density at radius 1 is 1.12 bits per heavy atom. The fraction of sp³-hybridized carbons (Fsp3) is 0.278. The maximum absolute atomic E-state index is 12.3. The molecule has 2 N–H and O–H groups in total. The summed E-state index contributed by atoms with van der Waals surface area (Å²) in [5.41, 5.74) is 1.36. The van der Waals surface area contributed by atoms with E-state index < -0.39 is 10.0 Å². The van der Waals surface area contributed by atoms with Gasteiger partial charge in [0, 0.05) is 23.9 Å². The van der Waals surface area contributed by atoms with E-state index in [1.165, 1.54) is 19.2 Å². The predicted octanol–water partition coefficient (Wildman–Crippen LogP) is 2.83. The van der Waals surface area contributed by atoms with Crippen LogP contribution >= 0.6 is 11.6 Å². The molecule has 0 heterocycles. The zero-order valence-electron chi connectivity index (χ0n) is 14.5. The first kappa shape index (κ1) is 20.4. The third-order valence-corrected chi connectivity index (χ3v) is 5.36. The highest BCUT2D eigenvalue weighted by Crippen LogP contribution is 2.15. The van der Waals surface area contributed by atoms with E-state index in [0.29, 0.717) is 10.7 Å². The number of hydrogen-bond donors (Lipinski definition) is 2. The largest absolute Gasteiger partial charge is 0.383 e. The minimum atomic E-state index is -3.63. The molecule has 0 aliphatic carbocycles. The summed E-state index contributed by atoms with van der Waals surface area (Å²) in [6.45, 7) is 1.99. The Labute approximate surface area is 158 Å². The van der Waals surface area contributed by atoms with Crippen LogP contribution in [0.5, 0.6) is 0 Å². The van der Waals surface area contributed by atoms with E-state index in [9.17, 15) is 13.2 Å². The molecule has 2 aromatic carbocycles. The van der Waals surface area contributed by atoms with Crippen LogP contribution in [0, 0.1) is 0 Å². The average Bonchev–Trinajstić information content (AvgIpc) is 2.57. The molecule has 1 amide bonds. The van der Waals surface area contributed by atoms with E-state index in [4.69, 9.17) is 16.3 Å². The summed E-state index contributed by atoms with van der Waals surface area (Å²) in [4.78, 5) is 12.2. The number of carbonyl (C=O) groups is 1. The average molecular weight is 397 g/mol. The third kappa shape index (κ3) is 6.10. The summed E-state index contributed by atoms with van der Waals surface area (Å²) in [5.74, 6) is -0.199. The van der Waals surface area contributed by atoms with E-state index >= 15 is 0 Å². The number of sulfonamides is 1. The van der Waals surface area contributed by atoms with Crippen molar-refractivity contribution in [1.29, 1.82) is 0 Å². The summed E-state index contributed by atoms with van der Waals surface area (Å²) in [7, 11) is -2.13. The van der Waals surface area contributed by atoms with Crippen LogP contribution in [0.25, 0.3) is 0 Å². The lowest BCUT2D eigenvalue weighted by Crippen LogP contribution is -2.35. The number of amides is 1. The van der Waals surface area contributed by atoms with Gasteiger partial charge in [0.25, 0.3) is 0 Å². The van der Waals surface area contributed by atoms with Gasteiger partial charge in [-0.2, -0.15) is 0 Å². The molecule has 0 aliphatic rings. The SMILES string of the molecule is COCC(C)NS(=O)(=O)c1ccc(NC(=O)Cc2ccc(Cl)cc2)cc1. The number of rotatable bonds is 8. The minimum absolute atomic E-state index is 0.121. The van der Waals surface area contributed by atoms with Gasteiger partial charge in [-0.1, -0.05) is 23.7 Å². The van der Waals surface area contributed by atoms with Gasteiger partial charge >= 0.3 is 0 Å². The Morgan fingerprint density at radius 2 is 1.73 bits per heavy atom. The lowest BCUT2D eigenvalue weighted by molar-refractivity contribution is -0.115. The number of hydrogen-bond acceptors (Lipinski definition) is 4. The quantitative estimate of drug-likeness (QED) is 0.718. The van der Waals surface area contributed by atoms with Crippen LogP contribution in [0.1, 0.15) is 12.5 Å². The number of anilines is 1. The molecule has 0 bridgehead atoms. The van der Waals surface area contributed by atoms with Crippen molar-refractivity contribution in [1.82, 2.24) is 4.72 Å². The van der Waals surface area contributed by atoms with E-state index in [1.54, 1.807) is 43.3 Å². The number of methoxy groups -OCH3 is 1. The molecule has 0 aromatic heterocycles. The fourth-order valence-corrected chi connectivity index (χ4v) is 3.68. The minimum Gasteiger partial charge on any atom is -0.383 e. The van der Waals surface area contributed by atoms with Gasteiger partial charge in [0.15, 0.2) is 0 Å². The second kappa shape index (κ2) is 9.14. The van der Waals surface area contributed by atoms with Gasteiger partial charge in [0.05, 0.1) is 17.9 Å². The topological polar surface area (TPSA) is 84.5 Å². The number of ether oxygens (including phenoxy) is 1. The van der Waals surface area contributed by atoms with Gasteiger partial charge in [-0.3, -0.25) is 4.79 Å². The van der Waals surface area contributed by atoms with E-state index in [2.05, 4.69) is 10.0 Å². The monoisotopic (exact) mass is 396 g/mol. The van der Waals surface area contributed by atoms with E-state index in [0.717, 1.165) is 5.56 Å². The fourth-order valence-electron chi connectivity index (χ4n) is 2.33. The number of carbonyl (C=O) groups excluding carboxylic acids is 1. The maximum atomic E-state index is 12.3. The molecule has 2 aromatic rings. The lowest BCUT2D eigenvalue weighted by Gasteiger charge is -2.13. The highest BCUT2D eigenvalue weighted by atomic mass is 35.5. The molecule has 1 unspecified atom stereocenters. The molecule has 1 atom stereocenters. The third-order valence-electron chi connectivity index (χ3n) is 3.50. The molecule has 6 nitrogen and oxygen atoms in total. The Morgan fingerprint density at radius 3 is 2.31 bits per heavy atom. The van der Waals surface area contributed by atoms with Gasteiger partial charge in [0.1, 0.15) is 0 Å². The maximum Gasteiger partial charge on any atom is 0.240 e. The molecule has 26 heavy (non-hydrogen) atoms. The summed E-state index contributed by atoms with van der Waals surface area (Å²) < 4.78 is 32.0. The van der Waals surface area contributed by atoms with Crippen molar-refractivity contribution in [3.63, 3.8) is 0 Å². The van der Waals surface area contributed by atoms with E-state index in [-0.39, 0.29) is 29.9 Å². The van der Waals surface area contributed by atoms with Gasteiger partial charge in [0.2, 0.25) is 15.9 Å². The molecular weight excluding hydrogens is 376 g/mol. The summed E-state index contributed by atoms with van der Waals surface area (Å²) >= 11 is 5.82. The van der Waals surface area contributed by atoms with Gasteiger partial charge < -0.3 is 10.1 Å². The summed E-state index contributed by atoms with van der Waals surface area (Å²) in [6, 6.07) is 12.7. The molecule has 8 heteroatoms. The van der Waals surface area contributed by atoms with Crippen LogP contribution in [0.2, 0.25) is 5.02 Å². The Bertz CT molecular complexity index is 836. The van der Waals surface area contributed by atoms with Crippen molar-refractivity contribution in [2.24, 2.45) is 0 Å². The molecular formula is C18H21ClN2O4S. The second-order valence-electron chi connectivity index (χ2n) is 5.85. The molecule has 0 saturated heterocycles. The van der Waals surface area contributed by atoms with Gasteiger partial charge in [-0.15, -0.1) is 0 Å². The zero-order chi connectivity index (χ0) is 19.2. The normalized spacial score (nSPS) is 12.6. The standard InChI is InChI=1S/C18H21ClN2O4S/c1-13(12-25-2)21-26(23,24)17-9-7-16(8-10-17)20-18(22)11-14-3-5-15(19)6-4-14/h3-10,13,21H,11-12H2,1-2H3,(H,20,22). The first-order valence-corrected chi connectivity index (χ1v) is 9.82. The molecule has 2 rings (SSSR count). The molecule has 0 fully saturated rings. The molecule has 0 aliphatic heterocycles. The first-order chi connectivity index (χ1) is 12.3. The highest BCUT2D eigenvalue weighted by molar-refractivity contribution is 7.89. The van der Waals surface area contributed by atoms with Crippen molar-refractivity contribution >= 4 is 33.2 Å². The smallest absolute Gasteiger partial charge is 0.240 e. The van der Waals surface area contributed by atoms with E-state index in [1.807, 2.05) is 0 Å². The number of benzene rings is 2.